The van der Waals surface area contributed by atoms with E-state index in [4.69, 9.17) is 4.52 Å². The zero-order valence-electron chi connectivity index (χ0n) is 12.7. The summed E-state index contributed by atoms with van der Waals surface area (Å²) in [6, 6.07) is 3.82. The summed E-state index contributed by atoms with van der Waals surface area (Å²) in [6.07, 6.45) is 7.45. The van der Waals surface area contributed by atoms with Crippen molar-refractivity contribution in [1.82, 2.24) is 24.9 Å². The first-order chi connectivity index (χ1) is 10.7. The van der Waals surface area contributed by atoms with Crippen LogP contribution in [-0.4, -0.2) is 36.9 Å². The second kappa shape index (κ2) is 6.31. The van der Waals surface area contributed by atoms with Gasteiger partial charge in [0.15, 0.2) is 5.82 Å². The van der Waals surface area contributed by atoms with Gasteiger partial charge in [0.25, 0.3) is 5.89 Å². The molecular formula is C15H17N5OS. The summed E-state index contributed by atoms with van der Waals surface area (Å²) < 4.78 is 7.18. The van der Waals surface area contributed by atoms with Gasteiger partial charge in [0, 0.05) is 24.1 Å². The van der Waals surface area contributed by atoms with Gasteiger partial charge in [0.1, 0.15) is 0 Å². The molecule has 1 atom stereocenters. The summed E-state index contributed by atoms with van der Waals surface area (Å²) in [4.78, 5) is 8.61. The molecule has 0 saturated carbocycles. The fourth-order valence-electron chi connectivity index (χ4n) is 2.16. The van der Waals surface area contributed by atoms with Crippen LogP contribution < -0.4 is 0 Å². The highest BCUT2D eigenvalue weighted by molar-refractivity contribution is 7.98. The van der Waals surface area contributed by atoms with Crippen LogP contribution in [-0.2, 0) is 0 Å². The topological polar surface area (TPSA) is 69.6 Å². The van der Waals surface area contributed by atoms with Gasteiger partial charge in [-0.3, -0.25) is 4.98 Å². The third-order valence-electron chi connectivity index (χ3n) is 3.34. The van der Waals surface area contributed by atoms with Crippen LogP contribution in [0, 0.1) is 6.92 Å². The van der Waals surface area contributed by atoms with E-state index in [0.29, 0.717) is 5.89 Å². The van der Waals surface area contributed by atoms with E-state index in [1.54, 1.807) is 28.8 Å². The SMILES string of the molecule is CSCC(C)c1noc(-c2cn(-c3cccnc3)nc2C)n1. The van der Waals surface area contributed by atoms with Gasteiger partial charge in [0.2, 0.25) is 0 Å². The van der Waals surface area contributed by atoms with Gasteiger partial charge < -0.3 is 4.52 Å². The van der Waals surface area contributed by atoms with E-state index >= 15 is 0 Å². The Morgan fingerprint density at radius 3 is 3.00 bits per heavy atom. The summed E-state index contributed by atoms with van der Waals surface area (Å²) >= 11 is 1.77. The zero-order chi connectivity index (χ0) is 15.5. The number of aryl methyl sites for hydroxylation is 1. The molecule has 0 fully saturated rings. The number of pyridine rings is 1. The van der Waals surface area contributed by atoms with Gasteiger partial charge in [-0.2, -0.15) is 21.8 Å². The van der Waals surface area contributed by atoms with Gasteiger partial charge in [-0.1, -0.05) is 12.1 Å². The van der Waals surface area contributed by atoms with Crippen molar-refractivity contribution in [3.63, 3.8) is 0 Å². The van der Waals surface area contributed by atoms with Crippen molar-refractivity contribution >= 4 is 11.8 Å². The van der Waals surface area contributed by atoms with Gasteiger partial charge in [0.05, 0.1) is 23.1 Å². The highest BCUT2D eigenvalue weighted by Crippen LogP contribution is 2.24. The third kappa shape index (κ3) is 2.89. The molecule has 0 saturated heterocycles. The van der Waals surface area contributed by atoms with Gasteiger partial charge in [-0.25, -0.2) is 4.68 Å². The Morgan fingerprint density at radius 1 is 1.41 bits per heavy atom. The maximum absolute atomic E-state index is 5.41. The maximum Gasteiger partial charge on any atom is 0.261 e. The van der Waals surface area contributed by atoms with Crippen molar-refractivity contribution in [1.29, 1.82) is 0 Å². The standard InChI is InChI=1S/C15H17N5OS/c1-10(9-22-3)14-17-15(21-19-14)13-8-20(18-11(13)2)12-5-4-6-16-7-12/h4-8,10H,9H2,1-3H3. The largest absolute Gasteiger partial charge is 0.334 e. The van der Waals surface area contributed by atoms with E-state index in [1.165, 1.54) is 0 Å². The molecular weight excluding hydrogens is 298 g/mol. The van der Waals surface area contributed by atoms with Gasteiger partial charge >= 0.3 is 0 Å². The average molecular weight is 315 g/mol. The van der Waals surface area contributed by atoms with E-state index < -0.39 is 0 Å². The quantitative estimate of drug-likeness (QED) is 0.720. The first kappa shape index (κ1) is 14.8. The maximum atomic E-state index is 5.41. The van der Waals surface area contributed by atoms with Crippen LogP contribution in [0.3, 0.4) is 0 Å². The van der Waals surface area contributed by atoms with Crippen LogP contribution in [0.5, 0.6) is 0 Å². The molecule has 3 aromatic heterocycles. The van der Waals surface area contributed by atoms with Crippen molar-refractivity contribution < 1.29 is 4.52 Å². The van der Waals surface area contributed by atoms with Crippen molar-refractivity contribution in [2.24, 2.45) is 0 Å². The predicted molar refractivity (Wildman–Crippen MR) is 86.2 cm³/mol. The molecule has 3 heterocycles. The number of hydrogen-bond donors (Lipinski definition) is 0. The summed E-state index contributed by atoms with van der Waals surface area (Å²) in [7, 11) is 0. The summed E-state index contributed by atoms with van der Waals surface area (Å²) in [5.41, 5.74) is 2.59. The molecule has 0 amide bonds. The van der Waals surface area contributed by atoms with Crippen LogP contribution in [0.25, 0.3) is 17.1 Å². The molecule has 3 rings (SSSR count). The van der Waals surface area contributed by atoms with Crippen LogP contribution in [0.4, 0.5) is 0 Å². The molecule has 6 nitrogen and oxygen atoms in total. The molecule has 0 aliphatic rings. The molecule has 0 aromatic carbocycles. The molecule has 0 N–H and O–H groups in total. The minimum absolute atomic E-state index is 0.265. The number of rotatable bonds is 5. The van der Waals surface area contributed by atoms with Crippen LogP contribution in [0.15, 0.2) is 35.2 Å². The molecule has 1 unspecified atom stereocenters. The Kier molecular flexibility index (Phi) is 4.24. The lowest BCUT2D eigenvalue weighted by atomic mass is 10.2. The first-order valence-corrected chi connectivity index (χ1v) is 8.38. The lowest BCUT2D eigenvalue weighted by molar-refractivity contribution is 0.419. The van der Waals surface area contributed by atoms with E-state index in [-0.39, 0.29) is 5.92 Å². The Labute approximate surface area is 133 Å². The van der Waals surface area contributed by atoms with E-state index in [1.807, 2.05) is 25.3 Å². The Balaban J connectivity index is 1.91. The van der Waals surface area contributed by atoms with Crippen molar-refractivity contribution in [2.75, 3.05) is 12.0 Å². The molecule has 0 radical (unpaired) electrons. The highest BCUT2D eigenvalue weighted by Gasteiger charge is 2.18. The minimum Gasteiger partial charge on any atom is -0.334 e. The smallest absolute Gasteiger partial charge is 0.261 e. The fraction of sp³-hybridized carbons (Fsp3) is 0.333. The molecule has 0 spiro atoms. The van der Waals surface area contributed by atoms with E-state index in [2.05, 4.69) is 33.4 Å². The Hall–Kier alpha value is -2.15. The molecule has 7 heteroatoms. The van der Waals surface area contributed by atoms with Crippen LogP contribution in [0.2, 0.25) is 0 Å². The fourth-order valence-corrected chi connectivity index (χ4v) is 2.81. The van der Waals surface area contributed by atoms with E-state index in [9.17, 15) is 0 Å². The van der Waals surface area contributed by atoms with Crippen molar-refractivity contribution in [3.8, 4) is 17.1 Å². The van der Waals surface area contributed by atoms with Crippen molar-refractivity contribution in [3.05, 3.63) is 42.2 Å². The average Bonchev–Trinajstić information content (AvgIpc) is 3.15. The first-order valence-electron chi connectivity index (χ1n) is 6.98. The molecule has 0 aliphatic heterocycles. The number of hydrogen-bond acceptors (Lipinski definition) is 6. The predicted octanol–water partition coefficient (Wildman–Crippen LogP) is 3.09. The summed E-state index contributed by atoms with van der Waals surface area (Å²) in [5.74, 6) is 2.47. The normalized spacial score (nSPS) is 12.5. The lowest BCUT2D eigenvalue weighted by Crippen LogP contribution is -1.98. The second-order valence-electron chi connectivity index (χ2n) is 5.10. The molecule has 114 valence electrons. The number of nitrogens with zero attached hydrogens (tertiary/aromatic N) is 5. The van der Waals surface area contributed by atoms with E-state index in [0.717, 1.165) is 28.5 Å². The number of aromatic nitrogens is 5. The highest BCUT2D eigenvalue weighted by atomic mass is 32.2. The van der Waals surface area contributed by atoms with Crippen LogP contribution >= 0.6 is 11.8 Å². The molecule has 3 aromatic rings. The minimum atomic E-state index is 0.265. The Bertz CT molecular complexity index is 752. The lowest BCUT2D eigenvalue weighted by Gasteiger charge is -2.01. The monoisotopic (exact) mass is 315 g/mol. The number of thioether (sulfide) groups is 1. The third-order valence-corrected chi connectivity index (χ3v) is 4.17. The zero-order valence-corrected chi connectivity index (χ0v) is 13.5. The molecule has 22 heavy (non-hydrogen) atoms. The summed E-state index contributed by atoms with van der Waals surface area (Å²) in [6.45, 7) is 4.02. The Morgan fingerprint density at radius 2 is 2.27 bits per heavy atom. The second-order valence-corrected chi connectivity index (χ2v) is 6.01. The van der Waals surface area contributed by atoms with Gasteiger partial charge in [-0.05, 0) is 25.3 Å². The van der Waals surface area contributed by atoms with Crippen molar-refractivity contribution in [2.45, 2.75) is 19.8 Å². The summed E-state index contributed by atoms with van der Waals surface area (Å²) in [5, 5.41) is 8.58. The molecule has 0 aliphatic carbocycles. The van der Waals surface area contributed by atoms with Crippen LogP contribution in [0.1, 0.15) is 24.4 Å². The molecule has 0 bridgehead atoms. The van der Waals surface area contributed by atoms with Gasteiger partial charge in [-0.15, -0.1) is 0 Å².